The third kappa shape index (κ3) is 5.50. The predicted octanol–water partition coefficient (Wildman–Crippen LogP) is 3.16. The second-order valence-corrected chi connectivity index (χ2v) is 8.40. The highest BCUT2D eigenvalue weighted by Gasteiger charge is 2.32. The van der Waals surface area contributed by atoms with E-state index in [1.54, 1.807) is 13.8 Å². The van der Waals surface area contributed by atoms with Crippen molar-refractivity contribution in [1.82, 2.24) is 5.32 Å². The highest BCUT2D eigenvalue weighted by molar-refractivity contribution is 7.92. The number of rotatable bonds is 8. The number of non-ortho nitro benzene ring substituents is 1. The van der Waals surface area contributed by atoms with Crippen LogP contribution in [-0.4, -0.2) is 31.5 Å². The number of nitro benzene ring substituents is 1. The van der Waals surface area contributed by atoms with Crippen molar-refractivity contribution < 1.29 is 22.5 Å². The van der Waals surface area contributed by atoms with E-state index in [0.29, 0.717) is 5.56 Å². The van der Waals surface area contributed by atoms with Crippen LogP contribution in [0.3, 0.4) is 0 Å². The number of halogens is 1. The van der Waals surface area contributed by atoms with E-state index in [1.807, 2.05) is 0 Å². The van der Waals surface area contributed by atoms with Crippen molar-refractivity contribution in [1.29, 1.82) is 0 Å². The number of benzene rings is 2. The second kappa shape index (κ2) is 8.99. The molecule has 1 N–H and O–H groups in total. The summed E-state index contributed by atoms with van der Waals surface area (Å²) < 4.78 is 38.9. The van der Waals surface area contributed by atoms with Crippen LogP contribution in [0.5, 0.6) is 0 Å². The molecule has 0 unspecified atom stereocenters. The third-order valence-corrected chi connectivity index (χ3v) is 5.53. The van der Waals surface area contributed by atoms with Crippen LogP contribution in [-0.2, 0) is 14.8 Å². The average molecular weight is 423 g/mol. The van der Waals surface area contributed by atoms with Gasteiger partial charge in [0.25, 0.3) is 5.69 Å². The van der Waals surface area contributed by atoms with E-state index in [2.05, 4.69) is 5.32 Å². The molecule has 156 valence electrons. The van der Waals surface area contributed by atoms with Crippen LogP contribution in [0.4, 0.5) is 15.8 Å². The number of sulfonamides is 1. The standard InChI is InChI=1S/C19H22FN3O5S/c1-4-18(19(24)21-13(2)14-8-10-15(20)11-9-14)22(29(3,27)28)16-6-5-7-17(12-16)23(25)26/h5-13,18H,4H2,1-3H3,(H,21,24)/t13-,18-/m1/s1. The van der Waals surface area contributed by atoms with Crippen molar-refractivity contribution in [3.63, 3.8) is 0 Å². The number of carbonyl (C=O) groups is 1. The first-order valence-electron chi connectivity index (χ1n) is 8.84. The van der Waals surface area contributed by atoms with Gasteiger partial charge in [0, 0.05) is 12.1 Å². The lowest BCUT2D eigenvalue weighted by atomic mass is 10.1. The summed E-state index contributed by atoms with van der Waals surface area (Å²) in [7, 11) is -3.92. The Balaban J connectivity index is 2.35. The van der Waals surface area contributed by atoms with Crippen LogP contribution in [0.25, 0.3) is 0 Å². The van der Waals surface area contributed by atoms with Crippen LogP contribution < -0.4 is 9.62 Å². The number of hydrogen-bond donors (Lipinski definition) is 1. The molecule has 0 heterocycles. The predicted molar refractivity (Wildman–Crippen MR) is 107 cm³/mol. The maximum atomic E-state index is 13.1. The summed E-state index contributed by atoms with van der Waals surface area (Å²) in [6, 6.07) is 9.07. The van der Waals surface area contributed by atoms with Crippen molar-refractivity contribution >= 4 is 27.3 Å². The van der Waals surface area contributed by atoms with Crippen molar-refractivity contribution in [2.24, 2.45) is 0 Å². The number of hydrogen-bond acceptors (Lipinski definition) is 5. The Bertz CT molecular complexity index is 995. The summed E-state index contributed by atoms with van der Waals surface area (Å²) in [6.07, 6.45) is 1.07. The van der Waals surface area contributed by atoms with E-state index in [-0.39, 0.29) is 17.8 Å². The number of nitro groups is 1. The third-order valence-electron chi connectivity index (χ3n) is 4.35. The Hall–Kier alpha value is -3.01. The van der Waals surface area contributed by atoms with Gasteiger partial charge in [0.1, 0.15) is 11.9 Å². The molecule has 10 heteroatoms. The molecule has 0 aliphatic carbocycles. The van der Waals surface area contributed by atoms with Gasteiger partial charge in [0.15, 0.2) is 0 Å². The van der Waals surface area contributed by atoms with Gasteiger partial charge in [0.2, 0.25) is 15.9 Å². The largest absolute Gasteiger partial charge is 0.348 e. The molecule has 2 aromatic rings. The molecule has 0 radical (unpaired) electrons. The zero-order valence-corrected chi connectivity index (χ0v) is 17.0. The smallest absolute Gasteiger partial charge is 0.271 e. The molecule has 8 nitrogen and oxygen atoms in total. The molecular formula is C19H22FN3O5S. The second-order valence-electron chi connectivity index (χ2n) is 6.54. The van der Waals surface area contributed by atoms with Crippen LogP contribution in [0.1, 0.15) is 31.9 Å². The number of anilines is 1. The van der Waals surface area contributed by atoms with Crippen molar-refractivity contribution in [3.8, 4) is 0 Å². The molecule has 2 rings (SSSR count). The number of amides is 1. The van der Waals surface area contributed by atoms with E-state index >= 15 is 0 Å². The Morgan fingerprint density at radius 3 is 2.38 bits per heavy atom. The summed E-state index contributed by atoms with van der Waals surface area (Å²) >= 11 is 0. The normalized spacial score (nSPS) is 13.4. The summed E-state index contributed by atoms with van der Waals surface area (Å²) in [5.41, 5.74) is 0.389. The molecule has 0 fully saturated rings. The van der Waals surface area contributed by atoms with Gasteiger partial charge < -0.3 is 5.32 Å². The van der Waals surface area contributed by atoms with Crippen molar-refractivity contribution in [2.45, 2.75) is 32.4 Å². The molecule has 2 atom stereocenters. The Morgan fingerprint density at radius 1 is 1.24 bits per heavy atom. The first-order valence-corrected chi connectivity index (χ1v) is 10.7. The van der Waals surface area contributed by atoms with Gasteiger partial charge in [-0.2, -0.15) is 0 Å². The average Bonchev–Trinajstić information content (AvgIpc) is 2.65. The highest BCUT2D eigenvalue weighted by atomic mass is 32.2. The Labute approximate surface area is 168 Å². The van der Waals surface area contributed by atoms with Crippen LogP contribution in [0.15, 0.2) is 48.5 Å². The minimum atomic E-state index is -3.92. The van der Waals surface area contributed by atoms with Crippen LogP contribution in [0.2, 0.25) is 0 Å². The Kier molecular flexibility index (Phi) is 6.91. The molecule has 0 aliphatic rings. The zero-order valence-electron chi connectivity index (χ0n) is 16.2. The summed E-state index contributed by atoms with van der Waals surface area (Å²) in [5.74, 6) is -0.978. The molecule has 2 aromatic carbocycles. The summed E-state index contributed by atoms with van der Waals surface area (Å²) in [6.45, 7) is 3.33. The van der Waals surface area contributed by atoms with Gasteiger partial charge >= 0.3 is 0 Å². The van der Waals surface area contributed by atoms with E-state index in [1.165, 1.54) is 42.5 Å². The van der Waals surface area contributed by atoms with Gasteiger partial charge in [-0.05, 0) is 37.1 Å². The lowest BCUT2D eigenvalue weighted by molar-refractivity contribution is -0.384. The van der Waals surface area contributed by atoms with Crippen molar-refractivity contribution in [2.75, 3.05) is 10.6 Å². The molecule has 0 saturated heterocycles. The molecule has 29 heavy (non-hydrogen) atoms. The fourth-order valence-corrected chi connectivity index (χ4v) is 4.15. The van der Waals surface area contributed by atoms with E-state index < -0.39 is 38.8 Å². The Morgan fingerprint density at radius 2 is 1.86 bits per heavy atom. The lowest BCUT2D eigenvalue weighted by Gasteiger charge is -2.31. The first kappa shape index (κ1) is 22.3. The van der Waals surface area contributed by atoms with Crippen LogP contribution >= 0.6 is 0 Å². The van der Waals surface area contributed by atoms with Gasteiger partial charge in [-0.25, -0.2) is 12.8 Å². The number of nitrogens with zero attached hydrogens (tertiary/aromatic N) is 2. The number of carbonyl (C=O) groups excluding carboxylic acids is 1. The molecule has 0 saturated carbocycles. The van der Waals surface area contributed by atoms with Gasteiger partial charge in [-0.3, -0.25) is 19.2 Å². The molecule has 0 aromatic heterocycles. The molecule has 1 amide bonds. The number of nitrogens with one attached hydrogen (secondary N) is 1. The highest BCUT2D eigenvalue weighted by Crippen LogP contribution is 2.27. The van der Waals surface area contributed by atoms with Crippen molar-refractivity contribution in [3.05, 3.63) is 70.0 Å². The molecule has 0 bridgehead atoms. The van der Waals surface area contributed by atoms with Crippen LogP contribution in [0, 0.1) is 15.9 Å². The first-order chi connectivity index (χ1) is 13.5. The van der Waals surface area contributed by atoms with Gasteiger partial charge in [-0.1, -0.05) is 25.1 Å². The summed E-state index contributed by atoms with van der Waals surface area (Å²) in [4.78, 5) is 23.3. The van der Waals surface area contributed by atoms with Gasteiger partial charge in [0.05, 0.1) is 22.9 Å². The zero-order chi connectivity index (χ0) is 21.8. The minimum absolute atomic E-state index is 0.0261. The lowest BCUT2D eigenvalue weighted by Crippen LogP contribution is -2.49. The minimum Gasteiger partial charge on any atom is -0.348 e. The fourth-order valence-electron chi connectivity index (χ4n) is 2.95. The van der Waals surface area contributed by atoms with E-state index in [0.717, 1.165) is 16.6 Å². The SMILES string of the molecule is CC[C@H](C(=O)N[C@H](C)c1ccc(F)cc1)N(c1cccc([N+](=O)[O-])c1)S(C)(=O)=O. The fraction of sp³-hybridized carbons (Fsp3) is 0.316. The molecular weight excluding hydrogens is 401 g/mol. The quantitative estimate of drug-likeness (QED) is 0.518. The monoisotopic (exact) mass is 423 g/mol. The van der Waals surface area contributed by atoms with E-state index in [4.69, 9.17) is 0 Å². The topological polar surface area (TPSA) is 110 Å². The molecule has 0 aliphatic heterocycles. The maximum Gasteiger partial charge on any atom is 0.271 e. The van der Waals surface area contributed by atoms with E-state index in [9.17, 15) is 27.7 Å². The maximum absolute atomic E-state index is 13.1. The summed E-state index contributed by atoms with van der Waals surface area (Å²) in [5, 5.41) is 13.8. The molecule has 0 spiro atoms. The van der Waals surface area contributed by atoms with Gasteiger partial charge in [-0.15, -0.1) is 0 Å².